The maximum atomic E-state index is 5.05. The summed E-state index contributed by atoms with van der Waals surface area (Å²) in [7, 11) is 0. The van der Waals surface area contributed by atoms with Crippen LogP contribution in [-0.4, -0.2) is 21.3 Å². The van der Waals surface area contributed by atoms with Gasteiger partial charge in [-0.05, 0) is 12.8 Å². The van der Waals surface area contributed by atoms with Crippen LogP contribution in [0, 0.1) is 12.8 Å². The Hall–Kier alpha value is -1.78. The molecule has 0 spiro atoms. The molecule has 17 heavy (non-hydrogen) atoms. The molecule has 0 saturated carbocycles. The standard InChI is InChI=1S/C12H18N4O/c1-9(2)7-14-12-13-4-5-16(12)8-11-6-10(3)17-15-11/h4-6,9H,7-8H2,1-3H3,(H,13,14). The normalized spacial score (nSPS) is 11.1. The second-order valence-electron chi connectivity index (χ2n) is 4.58. The lowest BCUT2D eigenvalue weighted by Gasteiger charge is -2.10. The molecule has 1 N–H and O–H groups in total. The first kappa shape index (κ1) is 11.7. The summed E-state index contributed by atoms with van der Waals surface area (Å²) >= 11 is 0. The Morgan fingerprint density at radius 1 is 1.47 bits per heavy atom. The van der Waals surface area contributed by atoms with Crippen molar-refractivity contribution in [2.24, 2.45) is 5.92 Å². The van der Waals surface area contributed by atoms with Gasteiger partial charge in [-0.15, -0.1) is 0 Å². The van der Waals surface area contributed by atoms with Crippen molar-refractivity contribution in [3.63, 3.8) is 0 Å². The quantitative estimate of drug-likeness (QED) is 0.862. The topological polar surface area (TPSA) is 55.9 Å². The van der Waals surface area contributed by atoms with E-state index in [0.29, 0.717) is 12.5 Å². The summed E-state index contributed by atoms with van der Waals surface area (Å²) in [4.78, 5) is 4.28. The third-order valence-electron chi connectivity index (χ3n) is 2.39. The van der Waals surface area contributed by atoms with Crippen LogP contribution < -0.4 is 5.32 Å². The first-order valence-corrected chi connectivity index (χ1v) is 5.82. The van der Waals surface area contributed by atoms with E-state index in [4.69, 9.17) is 4.52 Å². The van der Waals surface area contributed by atoms with Gasteiger partial charge in [0.2, 0.25) is 5.95 Å². The molecule has 0 aliphatic rings. The van der Waals surface area contributed by atoms with E-state index >= 15 is 0 Å². The van der Waals surface area contributed by atoms with E-state index in [1.165, 1.54) is 0 Å². The summed E-state index contributed by atoms with van der Waals surface area (Å²) in [6, 6.07) is 1.94. The molecule has 0 aromatic carbocycles. The van der Waals surface area contributed by atoms with Gasteiger partial charge >= 0.3 is 0 Å². The van der Waals surface area contributed by atoms with E-state index in [-0.39, 0.29) is 0 Å². The number of hydrogen-bond donors (Lipinski definition) is 1. The van der Waals surface area contributed by atoms with Crippen LogP contribution >= 0.6 is 0 Å². The summed E-state index contributed by atoms with van der Waals surface area (Å²) in [6.45, 7) is 7.82. The summed E-state index contributed by atoms with van der Waals surface area (Å²) < 4.78 is 7.07. The molecule has 2 aromatic heterocycles. The van der Waals surface area contributed by atoms with Crippen molar-refractivity contribution in [2.75, 3.05) is 11.9 Å². The van der Waals surface area contributed by atoms with E-state index in [9.17, 15) is 0 Å². The molecular formula is C12H18N4O. The lowest BCUT2D eigenvalue weighted by molar-refractivity contribution is 0.389. The first-order chi connectivity index (χ1) is 8.15. The van der Waals surface area contributed by atoms with Crippen molar-refractivity contribution in [2.45, 2.75) is 27.3 Å². The fourth-order valence-corrected chi connectivity index (χ4v) is 1.57. The van der Waals surface area contributed by atoms with Gasteiger partial charge < -0.3 is 14.4 Å². The van der Waals surface area contributed by atoms with Gasteiger partial charge in [0.05, 0.1) is 6.54 Å². The van der Waals surface area contributed by atoms with Gasteiger partial charge in [0, 0.05) is 25.0 Å². The van der Waals surface area contributed by atoms with Gasteiger partial charge in [0.1, 0.15) is 11.5 Å². The lowest BCUT2D eigenvalue weighted by Crippen LogP contribution is -2.13. The lowest BCUT2D eigenvalue weighted by atomic mass is 10.2. The van der Waals surface area contributed by atoms with E-state index in [1.54, 1.807) is 6.20 Å². The summed E-state index contributed by atoms with van der Waals surface area (Å²) in [5.41, 5.74) is 0.910. The predicted octanol–water partition coefficient (Wildman–Crippen LogP) is 2.30. The second kappa shape index (κ2) is 5.03. The van der Waals surface area contributed by atoms with Crippen molar-refractivity contribution < 1.29 is 4.52 Å². The van der Waals surface area contributed by atoms with Crippen molar-refractivity contribution >= 4 is 5.95 Å². The predicted molar refractivity (Wildman–Crippen MR) is 65.9 cm³/mol. The zero-order chi connectivity index (χ0) is 12.3. The first-order valence-electron chi connectivity index (χ1n) is 5.82. The maximum Gasteiger partial charge on any atom is 0.203 e. The minimum Gasteiger partial charge on any atom is -0.361 e. The molecule has 5 nitrogen and oxygen atoms in total. The third kappa shape index (κ3) is 3.09. The van der Waals surface area contributed by atoms with Crippen LogP contribution in [0.1, 0.15) is 25.3 Å². The highest BCUT2D eigenvalue weighted by molar-refractivity contribution is 5.26. The molecule has 0 radical (unpaired) electrons. The monoisotopic (exact) mass is 234 g/mol. The van der Waals surface area contributed by atoms with Crippen LogP contribution in [0.3, 0.4) is 0 Å². The zero-order valence-corrected chi connectivity index (χ0v) is 10.5. The Morgan fingerprint density at radius 3 is 2.94 bits per heavy atom. The molecule has 0 atom stereocenters. The number of rotatable bonds is 5. The molecule has 0 aliphatic carbocycles. The molecule has 92 valence electrons. The Kier molecular flexibility index (Phi) is 3.46. The number of anilines is 1. The molecule has 0 saturated heterocycles. The van der Waals surface area contributed by atoms with E-state index in [1.807, 2.05) is 23.8 Å². The average Bonchev–Trinajstić information content (AvgIpc) is 2.86. The summed E-state index contributed by atoms with van der Waals surface area (Å²) in [5, 5.41) is 7.29. The molecule has 0 aliphatic heterocycles. The van der Waals surface area contributed by atoms with E-state index < -0.39 is 0 Å². The number of nitrogens with one attached hydrogen (secondary N) is 1. The smallest absolute Gasteiger partial charge is 0.203 e. The van der Waals surface area contributed by atoms with Gasteiger partial charge in [0.15, 0.2) is 0 Å². The van der Waals surface area contributed by atoms with Crippen LogP contribution in [0.2, 0.25) is 0 Å². The van der Waals surface area contributed by atoms with Gasteiger partial charge in [0.25, 0.3) is 0 Å². The van der Waals surface area contributed by atoms with Crippen LogP contribution in [0.4, 0.5) is 5.95 Å². The fourth-order valence-electron chi connectivity index (χ4n) is 1.57. The molecule has 5 heteroatoms. The second-order valence-corrected chi connectivity index (χ2v) is 4.58. The van der Waals surface area contributed by atoms with E-state index in [0.717, 1.165) is 23.9 Å². The number of nitrogens with zero attached hydrogens (tertiary/aromatic N) is 3. The molecule has 0 amide bonds. The fraction of sp³-hybridized carbons (Fsp3) is 0.500. The average molecular weight is 234 g/mol. The molecule has 0 bridgehead atoms. The van der Waals surface area contributed by atoms with Crippen LogP contribution in [0.15, 0.2) is 23.0 Å². The zero-order valence-electron chi connectivity index (χ0n) is 10.5. The summed E-state index contributed by atoms with van der Waals surface area (Å²) in [6.07, 6.45) is 3.72. The molecule has 0 unspecified atom stereocenters. The van der Waals surface area contributed by atoms with Crippen molar-refractivity contribution in [3.8, 4) is 0 Å². The van der Waals surface area contributed by atoms with Crippen LogP contribution in [0.25, 0.3) is 0 Å². The number of aryl methyl sites for hydroxylation is 1. The number of hydrogen-bond acceptors (Lipinski definition) is 4. The van der Waals surface area contributed by atoms with Gasteiger partial charge in [-0.3, -0.25) is 0 Å². The van der Waals surface area contributed by atoms with Gasteiger partial charge in [-0.25, -0.2) is 4.98 Å². The molecule has 0 fully saturated rings. The van der Waals surface area contributed by atoms with Crippen LogP contribution in [0.5, 0.6) is 0 Å². The van der Waals surface area contributed by atoms with Crippen molar-refractivity contribution in [3.05, 3.63) is 29.9 Å². The highest BCUT2D eigenvalue weighted by Gasteiger charge is 2.06. The number of imidazole rings is 1. The molecular weight excluding hydrogens is 216 g/mol. The minimum atomic E-state index is 0.592. The highest BCUT2D eigenvalue weighted by Crippen LogP contribution is 2.10. The van der Waals surface area contributed by atoms with Crippen molar-refractivity contribution in [1.29, 1.82) is 0 Å². The summed E-state index contributed by atoms with van der Waals surface area (Å²) in [5.74, 6) is 2.30. The van der Waals surface area contributed by atoms with Gasteiger partial charge in [-0.2, -0.15) is 0 Å². The Bertz CT molecular complexity index is 472. The Balaban J connectivity index is 2.03. The van der Waals surface area contributed by atoms with Gasteiger partial charge in [-0.1, -0.05) is 19.0 Å². The van der Waals surface area contributed by atoms with Crippen LogP contribution in [-0.2, 0) is 6.54 Å². The SMILES string of the molecule is Cc1cc(Cn2ccnc2NCC(C)C)no1. The molecule has 2 heterocycles. The Labute approximate surface area is 101 Å². The molecule has 2 rings (SSSR count). The van der Waals surface area contributed by atoms with Crippen molar-refractivity contribution in [1.82, 2.24) is 14.7 Å². The number of aromatic nitrogens is 3. The largest absolute Gasteiger partial charge is 0.361 e. The highest BCUT2D eigenvalue weighted by atomic mass is 16.5. The maximum absolute atomic E-state index is 5.05. The third-order valence-corrected chi connectivity index (χ3v) is 2.39. The Morgan fingerprint density at radius 2 is 2.29 bits per heavy atom. The van der Waals surface area contributed by atoms with E-state index in [2.05, 4.69) is 29.3 Å². The minimum absolute atomic E-state index is 0.592. The molecule has 2 aromatic rings.